The summed E-state index contributed by atoms with van der Waals surface area (Å²) in [6.07, 6.45) is 2.86. The first-order valence-corrected chi connectivity index (χ1v) is 12.0. The lowest BCUT2D eigenvalue weighted by molar-refractivity contribution is -0.119. The predicted molar refractivity (Wildman–Crippen MR) is 135 cm³/mol. The van der Waals surface area contributed by atoms with Crippen molar-refractivity contribution < 1.29 is 23.9 Å². The molecule has 2 aliphatic heterocycles. The maximum absolute atomic E-state index is 13.9. The number of amides is 2. The second-order valence-electron chi connectivity index (χ2n) is 8.91. The van der Waals surface area contributed by atoms with Crippen LogP contribution in [-0.2, 0) is 11.2 Å². The lowest BCUT2D eigenvalue weighted by Crippen LogP contribution is -2.39. The first-order valence-electron chi connectivity index (χ1n) is 12.0. The first kappa shape index (κ1) is 23.6. The van der Waals surface area contributed by atoms with Crippen molar-refractivity contribution in [1.82, 2.24) is 9.78 Å². The minimum absolute atomic E-state index is 0.0925. The van der Waals surface area contributed by atoms with E-state index in [-0.39, 0.29) is 17.6 Å². The van der Waals surface area contributed by atoms with Gasteiger partial charge in [-0.25, -0.2) is 4.68 Å². The average molecular weight is 489 g/mol. The molecule has 1 saturated heterocycles. The number of carbonyl (C=O) groups excluding carboxylic acids is 3. The molecule has 0 atom stereocenters. The maximum atomic E-state index is 13.9. The van der Waals surface area contributed by atoms with Crippen LogP contribution in [-0.4, -0.2) is 54.7 Å². The molecule has 3 aromatic rings. The Labute approximate surface area is 209 Å². The zero-order chi connectivity index (χ0) is 25.4. The van der Waals surface area contributed by atoms with Crippen molar-refractivity contribution in [2.75, 3.05) is 37.1 Å². The molecule has 5 rings (SSSR count). The number of Topliss-reactive ketones (excluding diaryl/α,β-unsaturated/α-hetero) is 1. The molecule has 0 spiro atoms. The summed E-state index contributed by atoms with van der Waals surface area (Å²) in [6.45, 7) is 2.50. The molecule has 2 aliphatic rings. The van der Waals surface area contributed by atoms with Gasteiger partial charge in [-0.1, -0.05) is 0 Å². The summed E-state index contributed by atoms with van der Waals surface area (Å²) < 4.78 is 12.4. The van der Waals surface area contributed by atoms with E-state index in [4.69, 9.17) is 9.47 Å². The fourth-order valence-corrected chi connectivity index (χ4v) is 4.92. The normalized spacial score (nSPS) is 15.6. The third-order valence-electron chi connectivity index (χ3n) is 6.76. The number of hydrogen-bond donors (Lipinski definition) is 0. The van der Waals surface area contributed by atoms with Gasteiger partial charge in [0, 0.05) is 43.8 Å². The van der Waals surface area contributed by atoms with Crippen LogP contribution >= 0.6 is 0 Å². The Morgan fingerprint density at radius 2 is 1.64 bits per heavy atom. The van der Waals surface area contributed by atoms with E-state index in [1.165, 1.54) is 11.6 Å². The number of nitrogens with zero attached hydrogens (tertiary/aromatic N) is 4. The van der Waals surface area contributed by atoms with E-state index in [0.717, 1.165) is 18.5 Å². The Morgan fingerprint density at radius 3 is 2.31 bits per heavy atom. The summed E-state index contributed by atoms with van der Waals surface area (Å²) in [7, 11) is 3.13. The Morgan fingerprint density at radius 1 is 0.889 bits per heavy atom. The molecule has 0 N–H and O–H groups in total. The Hall–Kier alpha value is -4.14. The zero-order valence-electron chi connectivity index (χ0n) is 20.6. The summed E-state index contributed by atoms with van der Waals surface area (Å²) in [5, 5.41) is 4.53. The van der Waals surface area contributed by atoms with E-state index >= 15 is 0 Å². The van der Waals surface area contributed by atoms with Gasteiger partial charge in [0.1, 0.15) is 22.9 Å². The van der Waals surface area contributed by atoms with Crippen molar-refractivity contribution in [1.29, 1.82) is 0 Å². The lowest BCUT2D eigenvalue weighted by Gasteiger charge is -2.31. The number of carbonyl (C=O) groups is 3. The van der Waals surface area contributed by atoms with E-state index in [2.05, 4.69) is 5.10 Å². The van der Waals surface area contributed by atoms with Crippen LogP contribution in [0.3, 0.4) is 0 Å². The number of ether oxygens (including phenoxy) is 2. The van der Waals surface area contributed by atoms with E-state index in [9.17, 15) is 14.4 Å². The summed E-state index contributed by atoms with van der Waals surface area (Å²) in [6, 6.07) is 12.6. The molecule has 1 fully saturated rings. The first-order chi connectivity index (χ1) is 17.4. The third-order valence-corrected chi connectivity index (χ3v) is 6.76. The predicted octanol–water partition coefficient (Wildman–Crippen LogP) is 3.81. The molecule has 1 aromatic heterocycles. The van der Waals surface area contributed by atoms with Gasteiger partial charge in [0.05, 0.1) is 25.6 Å². The quantitative estimate of drug-likeness (QED) is 0.490. The minimum Gasteiger partial charge on any atom is -0.497 e. The molecule has 0 radical (unpaired) electrons. The molecular formula is C27H28N4O5. The molecule has 0 aliphatic carbocycles. The molecule has 2 aromatic carbocycles. The fraction of sp³-hybridized carbons (Fsp3) is 0.333. The van der Waals surface area contributed by atoms with Gasteiger partial charge in [-0.15, -0.1) is 0 Å². The summed E-state index contributed by atoms with van der Waals surface area (Å²) in [5.41, 5.74) is 3.32. The number of anilines is 2. The number of hydrogen-bond acceptors (Lipinski definition) is 6. The monoisotopic (exact) mass is 488 g/mol. The molecule has 9 heteroatoms. The van der Waals surface area contributed by atoms with E-state index in [1.54, 1.807) is 48.3 Å². The largest absolute Gasteiger partial charge is 0.497 e. The van der Waals surface area contributed by atoms with Crippen LogP contribution in [0, 0.1) is 0 Å². The van der Waals surface area contributed by atoms with Gasteiger partial charge in [0.25, 0.3) is 5.91 Å². The highest BCUT2D eigenvalue weighted by atomic mass is 16.5. The second-order valence-corrected chi connectivity index (χ2v) is 8.91. The number of methoxy groups -OCH3 is 2. The van der Waals surface area contributed by atoms with E-state index in [1.807, 2.05) is 18.2 Å². The Bertz CT molecular complexity index is 1340. The van der Waals surface area contributed by atoms with Crippen molar-refractivity contribution in [3.63, 3.8) is 0 Å². The number of ketones is 1. The van der Waals surface area contributed by atoms with Crippen LogP contribution in [0.15, 0.2) is 42.5 Å². The molecule has 186 valence electrons. The standard InChI is InChI=1S/C27H28N4O5/c1-17(32)25-21-13-15-30(27(34)26(21)31(28-25)18-7-10-20(35-2)11-8-18)22-12-9-19(16-23(22)36-3)29-14-5-4-6-24(29)33/h7-12,16H,4-6,13-15H2,1-3H3. The molecule has 36 heavy (non-hydrogen) atoms. The average Bonchev–Trinajstić information content (AvgIpc) is 3.30. The Kier molecular flexibility index (Phi) is 6.22. The van der Waals surface area contributed by atoms with Gasteiger partial charge in [0.2, 0.25) is 5.91 Å². The molecule has 0 unspecified atom stereocenters. The maximum Gasteiger partial charge on any atom is 0.277 e. The SMILES string of the molecule is COc1ccc(-n2nc(C(C)=O)c3c2C(=O)N(c2ccc(N4CCCCC4=O)cc2OC)CC3)cc1. The molecule has 3 heterocycles. The Balaban J connectivity index is 1.55. The van der Waals surface area contributed by atoms with Gasteiger partial charge in [0.15, 0.2) is 5.78 Å². The highest BCUT2D eigenvalue weighted by Gasteiger charge is 2.35. The second kappa shape index (κ2) is 9.49. The summed E-state index contributed by atoms with van der Waals surface area (Å²) in [4.78, 5) is 42.1. The van der Waals surface area contributed by atoms with Gasteiger partial charge < -0.3 is 19.3 Å². The minimum atomic E-state index is -0.271. The summed E-state index contributed by atoms with van der Waals surface area (Å²) >= 11 is 0. The lowest BCUT2D eigenvalue weighted by atomic mass is 10.0. The van der Waals surface area contributed by atoms with Crippen molar-refractivity contribution >= 4 is 29.0 Å². The number of fused-ring (bicyclic) bond motifs is 1. The molecular weight excluding hydrogens is 460 g/mol. The van der Waals surface area contributed by atoms with Crippen LogP contribution in [0.4, 0.5) is 11.4 Å². The fourth-order valence-electron chi connectivity index (χ4n) is 4.92. The van der Waals surface area contributed by atoms with Crippen molar-refractivity contribution in [2.45, 2.75) is 32.6 Å². The van der Waals surface area contributed by atoms with Crippen molar-refractivity contribution in [3.8, 4) is 17.2 Å². The van der Waals surface area contributed by atoms with Crippen LogP contribution in [0.5, 0.6) is 11.5 Å². The molecule has 0 saturated carbocycles. The van der Waals surface area contributed by atoms with E-state index < -0.39 is 0 Å². The van der Waals surface area contributed by atoms with Gasteiger partial charge in [-0.3, -0.25) is 14.4 Å². The third kappa shape index (κ3) is 4.00. The van der Waals surface area contributed by atoms with Gasteiger partial charge in [-0.05, 0) is 55.7 Å². The van der Waals surface area contributed by atoms with Crippen LogP contribution in [0.2, 0.25) is 0 Å². The highest BCUT2D eigenvalue weighted by Crippen LogP contribution is 2.37. The number of rotatable bonds is 6. The zero-order valence-corrected chi connectivity index (χ0v) is 20.6. The van der Waals surface area contributed by atoms with Crippen molar-refractivity contribution in [2.24, 2.45) is 0 Å². The van der Waals surface area contributed by atoms with Crippen LogP contribution in [0.1, 0.15) is 52.7 Å². The van der Waals surface area contributed by atoms with E-state index in [0.29, 0.717) is 65.8 Å². The highest BCUT2D eigenvalue weighted by molar-refractivity contribution is 6.10. The van der Waals surface area contributed by atoms with Gasteiger partial charge in [-0.2, -0.15) is 5.10 Å². The van der Waals surface area contributed by atoms with Crippen molar-refractivity contribution in [3.05, 3.63) is 59.4 Å². The smallest absolute Gasteiger partial charge is 0.277 e. The summed E-state index contributed by atoms with van der Waals surface area (Å²) in [5.74, 6) is 0.816. The van der Waals surface area contributed by atoms with Gasteiger partial charge >= 0.3 is 0 Å². The number of aromatic nitrogens is 2. The number of benzene rings is 2. The molecule has 0 bridgehead atoms. The van der Waals surface area contributed by atoms with Crippen LogP contribution in [0.25, 0.3) is 5.69 Å². The number of piperidine rings is 1. The molecule has 2 amide bonds. The van der Waals surface area contributed by atoms with Crippen LogP contribution < -0.4 is 19.3 Å². The topological polar surface area (TPSA) is 94.0 Å². The molecule has 9 nitrogen and oxygen atoms in total.